The summed E-state index contributed by atoms with van der Waals surface area (Å²) in [5.74, 6) is 0.00695. The van der Waals surface area contributed by atoms with E-state index in [0.29, 0.717) is 39.3 Å². The summed E-state index contributed by atoms with van der Waals surface area (Å²) >= 11 is 0. The minimum absolute atomic E-state index is 0.00695. The summed E-state index contributed by atoms with van der Waals surface area (Å²) in [6.07, 6.45) is 0. The molecule has 3 amide bonds. The molecule has 0 atom stereocenters. The number of fused-ring (bicyclic) bond motifs is 1. The first kappa shape index (κ1) is 19.9. The van der Waals surface area contributed by atoms with Gasteiger partial charge in [-0.3, -0.25) is 9.69 Å². The van der Waals surface area contributed by atoms with E-state index in [2.05, 4.69) is 15.5 Å². The zero-order valence-electron chi connectivity index (χ0n) is 16.9. The molecule has 1 aliphatic heterocycles. The maximum absolute atomic E-state index is 12.7. The van der Waals surface area contributed by atoms with Gasteiger partial charge >= 0.3 is 6.03 Å². The molecule has 1 fully saturated rings. The number of benzene rings is 3. The Morgan fingerprint density at radius 1 is 0.800 bits per heavy atom. The third-order valence-electron chi connectivity index (χ3n) is 5.39. The first-order chi connectivity index (χ1) is 14.7. The van der Waals surface area contributed by atoms with Crippen LogP contribution in [-0.2, 0) is 11.3 Å². The molecule has 0 saturated carbocycles. The van der Waals surface area contributed by atoms with E-state index in [9.17, 15) is 9.59 Å². The van der Waals surface area contributed by atoms with E-state index in [1.54, 1.807) is 4.90 Å². The van der Waals surface area contributed by atoms with Crippen LogP contribution in [0.5, 0.6) is 0 Å². The first-order valence-electron chi connectivity index (χ1n) is 10.3. The van der Waals surface area contributed by atoms with Crippen molar-refractivity contribution in [1.82, 2.24) is 15.1 Å². The van der Waals surface area contributed by atoms with Crippen LogP contribution in [0.4, 0.5) is 10.5 Å². The van der Waals surface area contributed by atoms with Gasteiger partial charge in [0.1, 0.15) is 0 Å². The van der Waals surface area contributed by atoms with Crippen LogP contribution >= 0.6 is 0 Å². The van der Waals surface area contributed by atoms with Crippen molar-refractivity contribution in [1.29, 1.82) is 0 Å². The van der Waals surface area contributed by atoms with Gasteiger partial charge in [0.2, 0.25) is 5.91 Å². The summed E-state index contributed by atoms with van der Waals surface area (Å²) in [6.45, 7) is 3.45. The van der Waals surface area contributed by atoms with Gasteiger partial charge < -0.3 is 15.5 Å². The molecular formula is C24H26N4O2. The molecule has 1 heterocycles. The third kappa shape index (κ3) is 4.96. The molecule has 0 unspecified atom stereocenters. The molecule has 30 heavy (non-hydrogen) atoms. The highest BCUT2D eigenvalue weighted by Gasteiger charge is 2.22. The zero-order chi connectivity index (χ0) is 20.8. The lowest BCUT2D eigenvalue weighted by molar-refractivity contribution is -0.122. The number of nitrogens with one attached hydrogen (secondary N) is 2. The van der Waals surface area contributed by atoms with Crippen molar-refractivity contribution in [2.45, 2.75) is 6.54 Å². The summed E-state index contributed by atoms with van der Waals surface area (Å²) in [6, 6.07) is 23.7. The predicted molar refractivity (Wildman–Crippen MR) is 119 cm³/mol. The monoisotopic (exact) mass is 402 g/mol. The van der Waals surface area contributed by atoms with Crippen LogP contribution in [0.3, 0.4) is 0 Å². The Kier molecular flexibility index (Phi) is 6.25. The van der Waals surface area contributed by atoms with Crippen LogP contribution in [0.25, 0.3) is 10.8 Å². The summed E-state index contributed by atoms with van der Waals surface area (Å²) in [5, 5.41) is 8.12. The van der Waals surface area contributed by atoms with Crippen molar-refractivity contribution >= 4 is 28.4 Å². The lowest BCUT2D eigenvalue weighted by atomic mass is 10.1. The van der Waals surface area contributed by atoms with Crippen LogP contribution in [0.15, 0.2) is 72.8 Å². The average molecular weight is 402 g/mol. The fraction of sp³-hybridized carbons (Fsp3) is 0.250. The van der Waals surface area contributed by atoms with Crippen molar-refractivity contribution < 1.29 is 9.59 Å². The summed E-state index contributed by atoms with van der Waals surface area (Å²) < 4.78 is 0. The highest BCUT2D eigenvalue weighted by atomic mass is 16.2. The van der Waals surface area contributed by atoms with Crippen molar-refractivity contribution in [3.8, 4) is 0 Å². The highest BCUT2D eigenvalue weighted by Crippen LogP contribution is 2.23. The number of piperazine rings is 1. The summed E-state index contributed by atoms with van der Waals surface area (Å²) in [4.78, 5) is 28.8. The van der Waals surface area contributed by atoms with E-state index in [4.69, 9.17) is 0 Å². The van der Waals surface area contributed by atoms with Crippen LogP contribution in [0, 0.1) is 0 Å². The lowest BCUT2D eigenvalue weighted by Gasteiger charge is -2.34. The molecule has 0 aromatic heterocycles. The number of hydrogen-bond donors (Lipinski definition) is 2. The molecule has 3 aromatic rings. The van der Waals surface area contributed by atoms with E-state index in [-0.39, 0.29) is 11.9 Å². The number of rotatable bonds is 5. The number of urea groups is 1. The zero-order valence-corrected chi connectivity index (χ0v) is 16.9. The van der Waals surface area contributed by atoms with Gasteiger partial charge in [-0.1, -0.05) is 66.7 Å². The smallest absolute Gasteiger partial charge is 0.321 e. The molecule has 6 heteroatoms. The quantitative estimate of drug-likeness (QED) is 0.688. The number of carbonyl (C=O) groups is 2. The Bertz CT molecular complexity index is 1010. The maximum Gasteiger partial charge on any atom is 0.321 e. The lowest BCUT2D eigenvalue weighted by Crippen LogP contribution is -2.52. The normalized spacial score (nSPS) is 14.5. The molecular weight excluding hydrogens is 376 g/mol. The summed E-state index contributed by atoms with van der Waals surface area (Å²) in [5.41, 5.74) is 1.90. The molecule has 0 bridgehead atoms. The second-order valence-corrected chi connectivity index (χ2v) is 7.48. The molecule has 154 valence electrons. The molecule has 2 N–H and O–H groups in total. The van der Waals surface area contributed by atoms with Gasteiger partial charge in [-0.2, -0.15) is 0 Å². The van der Waals surface area contributed by atoms with Gasteiger partial charge in [-0.05, 0) is 17.0 Å². The number of hydrogen-bond acceptors (Lipinski definition) is 3. The molecule has 4 rings (SSSR count). The fourth-order valence-electron chi connectivity index (χ4n) is 3.69. The summed E-state index contributed by atoms with van der Waals surface area (Å²) in [7, 11) is 0. The number of nitrogens with zero attached hydrogens (tertiary/aromatic N) is 2. The van der Waals surface area contributed by atoms with Crippen molar-refractivity contribution in [3.05, 3.63) is 78.4 Å². The molecule has 0 spiro atoms. The molecule has 0 aliphatic carbocycles. The van der Waals surface area contributed by atoms with Gasteiger partial charge in [0, 0.05) is 38.1 Å². The van der Waals surface area contributed by atoms with Crippen molar-refractivity contribution in [2.75, 3.05) is 38.0 Å². The number of amides is 3. The topological polar surface area (TPSA) is 64.7 Å². The van der Waals surface area contributed by atoms with Crippen LogP contribution in [0.1, 0.15) is 5.56 Å². The third-order valence-corrected chi connectivity index (χ3v) is 5.39. The van der Waals surface area contributed by atoms with E-state index in [1.807, 2.05) is 72.8 Å². The van der Waals surface area contributed by atoms with Gasteiger partial charge in [-0.15, -0.1) is 0 Å². The second kappa shape index (κ2) is 9.41. The van der Waals surface area contributed by atoms with E-state index in [1.165, 1.54) is 0 Å². The Morgan fingerprint density at radius 2 is 1.50 bits per heavy atom. The number of carbonyl (C=O) groups excluding carboxylic acids is 2. The minimum Gasteiger partial charge on any atom is -0.351 e. The Hall–Kier alpha value is -3.38. The van der Waals surface area contributed by atoms with Gasteiger partial charge in [-0.25, -0.2) is 4.79 Å². The van der Waals surface area contributed by atoms with Crippen LogP contribution in [-0.4, -0.2) is 54.5 Å². The maximum atomic E-state index is 12.7. The largest absolute Gasteiger partial charge is 0.351 e. The second-order valence-electron chi connectivity index (χ2n) is 7.48. The van der Waals surface area contributed by atoms with Crippen molar-refractivity contribution in [3.63, 3.8) is 0 Å². The van der Waals surface area contributed by atoms with Crippen molar-refractivity contribution in [2.24, 2.45) is 0 Å². The van der Waals surface area contributed by atoms with Gasteiger partial charge in [0.15, 0.2) is 0 Å². The highest BCUT2D eigenvalue weighted by molar-refractivity contribution is 6.01. The Labute approximate surface area is 176 Å². The Balaban J connectivity index is 1.25. The predicted octanol–water partition coefficient (Wildman–Crippen LogP) is 3.31. The van der Waals surface area contributed by atoms with E-state index in [0.717, 1.165) is 22.0 Å². The molecule has 1 saturated heterocycles. The van der Waals surface area contributed by atoms with Crippen LogP contribution in [0.2, 0.25) is 0 Å². The SMILES string of the molecule is O=C(CN1CCN(C(=O)Nc2cccc3ccccc23)CC1)NCc1ccccc1. The fourth-order valence-corrected chi connectivity index (χ4v) is 3.69. The van der Waals surface area contributed by atoms with Gasteiger partial charge in [0.05, 0.1) is 12.2 Å². The molecule has 6 nitrogen and oxygen atoms in total. The molecule has 0 radical (unpaired) electrons. The van der Waals surface area contributed by atoms with Crippen LogP contribution < -0.4 is 10.6 Å². The first-order valence-corrected chi connectivity index (χ1v) is 10.3. The molecule has 1 aliphatic rings. The van der Waals surface area contributed by atoms with Gasteiger partial charge in [0.25, 0.3) is 0 Å². The molecule has 3 aromatic carbocycles. The Morgan fingerprint density at radius 3 is 2.30 bits per heavy atom. The number of anilines is 1. The standard InChI is InChI=1S/C24H26N4O2/c29-23(25-17-19-7-2-1-3-8-19)18-27-13-15-28(16-14-27)24(30)26-22-12-6-10-20-9-4-5-11-21(20)22/h1-12H,13-18H2,(H,25,29)(H,26,30). The van der Waals surface area contributed by atoms with E-state index >= 15 is 0 Å². The van der Waals surface area contributed by atoms with E-state index < -0.39 is 0 Å². The average Bonchev–Trinajstić information content (AvgIpc) is 2.79. The minimum atomic E-state index is -0.0977.